The van der Waals surface area contributed by atoms with Crippen molar-refractivity contribution in [3.63, 3.8) is 0 Å². The number of anilines is 2. The number of halogens is 2. The molecule has 3 aliphatic rings. The molecule has 0 unspecified atom stereocenters. The normalized spacial score (nSPS) is 23.5. The fourth-order valence-electron chi connectivity index (χ4n) is 8.26. The zero-order chi connectivity index (χ0) is 34.6. The molecule has 13 heteroatoms. The topological polar surface area (TPSA) is 135 Å². The first-order valence-corrected chi connectivity index (χ1v) is 17.3. The van der Waals surface area contributed by atoms with Gasteiger partial charge in [-0.15, -0.1) is 11.3 Å². The number of carbonyl (C=O) groups is 1. The van der Waals surface area contributed by atoms with Crippen molar-refractivity contribution in [1.82, 2.24) is 19.8 Å². The number of ether oxygens (including phenoxy) is 1. The van der Waals surface area contributed by atoms with E-state index in [1.807, 2.05) is 19.9 Å². The molecule has 4 aromatic rings. The van der Waals surface area contributed by atoms with E-state index in [0.29, 0.717) is 65.7 Å². The molecule has 49 heavy (non-hydrogen) atoms. The van der Waals surface area contributed by atoms with E-state index in [1.165, 1.54) is 12.1 Å². The Labute approximate surface area is 287 Å². The minimum atomic E-state index is -0.928. The van der Waals surface area contributed by atoms with Gasteiger partial charge in [0.2, 0.25) is 5.91 Å². The van der Waals surface area contributed by atoms with Crippen LogP contribution in [-0.4, -0.2) is 82.3 Å². The highest BCUT2D eigenvalue weighted by atomic mass is 32.1. The summed E-state index contributed by atoms with van der Waals surface area (Å²) < 4.78 is 36.2. The van der Waals surface area contributed by atoms with Gasteiger partial charge in [-0.1, -0.05) is 18.7 Å². The van der Waals surface area contributed by atoms with E-state index in [2.05, 4.69) is 28.5 Å². The van der Waals surface area contributed by atoms with Gasteiger partial charge in [-0.3, -0.25) is 9.69 Å². The Hall–Kier alpha value is -4.85. The van der Waals surface area contributed by atoms with E-state index in [9.17, 15) is 24.1 Å². The number of nitrogen functional groups attached to an aromatic ring is 1. The molecular formula is C36H36F2N8O2S. The summed E-state index contributed by atoms with van der Waals surface area (Å²) >= 11 is 0.992. The van der Waals surface area contributed by atoms with E-state index in [1.54, 1.807) is 17.0 Å². The van der Waals surface area contributed by atoms with E-state index >= 15 is 0 Å². The van der Waals surface area contributed by atoms with Crippen molar-refractivity contribution in [3.8, 4) is 29.3 Å². The third-order valence-electron chi connectivity index (χ3n) is 10.6. The number of amides is 1. The zero-order valence-electron chi connectivity index (χ0n) is 27.4. The highest BCUT2D eigenvalue weighted by Gasteiger charge is 2.49. The fourth-order valence-corrected chi connectivity index (χ4v) is 9.21. The first-order valence-electron chi connectivity index (χ1n) is 16.5. The van der Waals surface area contributed by atoms with Crippen molar-refractivity contribution in [2.45, 2.75) is 63.3 Å². The van der Waals surface area contributed by atoms with Gasteiger partial charge in [0.15, 0.2) is 0 Å². The molecule has 7 rings (SSSR count). The van der Waals surface area contributed by atoms with E-state index in [4.69, 9.17) is 20.4 Å². The number of alkyl halides is 1. The van der Waals surface area contributed by atoms with Gasteiger partial charge in [-0.2, -0.15) is 20.5 Å². The number of nitrogens with two attached hydrogens (primary N) is 1. The number of likely N-dealkylation sites (tertiary alicyclic amines) is 1. The molecule has 4 atom stereocenters. The molecule has 5 heterocycles. The SMILES string of the molecule is C=CC(=O)N1CC[C@@H](N(CC)c2nc(OC[C@@]34CCCN3C[C@H](F)C4)nc3c(C#N)c(-c4ccc(F)c5sc(N)c(C#N)c45)ccc23)[C@H]1C. The lowest BCUT2D eigenvalue weighted by Crippen LogP contribution is -2.45. The number of carbonyl (C=O) groups excluding carboxylic acids is 1. The Morgan fingerprint density at radius 2 is 2.00 bits per heavy atom. The van der Waals surface area contributed by atoms with Gasteiger partial charge in [0.25, 0.3) is 0 Å². The molecule has 10 nitrogen and oxygen atoms in total. The number of hydrogen-bond donors (Lipinski definition) is 1. The Morgan fingerprint density at radius 1 is 1.22 bits per heavy atom. The third-order valence-corrected chi connectivity index (χ3v) is 11.6. The number of nitriles is 2. The van der Waals surface area contributed by atoms with Crippen LogP contribution in [-0.2, 0) is 4.79 Å². The Kier molecular flexibility index (Phi) is 8.37. The van der Waals surface area contributed by atoms with Crippen molar-refractivity contribution in [2.24, 2.45) is 0 Å². The van der Waals surface area contributed by atoms with Crippen LogP contribution in [0.1, 0.15) is 50.7 Å². The minimum absolute atomic E-state index is 0.0598. The maximum Gasteiger partial charge on any atom is 0.319 e. The average molecular weight is 683 g/mol. The number of likely N-dealkylation sites (N-methyl/N-ethyl adjacent to an activating group) is 1. The summed E-state index contributed by atoms with van der Waals surface area (Å²) in [6.45, 7) is 10.2. The zero-order valence-corrected chi connectivity index (χ0v) is 28.2. The van der Waals surface area contributed by atoms with Crippen LogP contribution in [0.5, 0.6) is 6.01 Å². The van der Waals surface area contributed by atoms with Gasteiger partial charge in [0.1, 0.15) is 41.6 Å². The number of nitrogens with zero attached hydrogens (tertiary/aromatic N) is 7. The summed E-state index contributed by atoms with van der Waals surface area (Å²) in [5.41, 5.74) is 7.32. The molecule has 2 N–H and O–H groups in total. The molecule has 0 radical (unpaired) electrons. The maximum atomic E-state index is 15.0. The molecule has 3 aliphatic heterocycles. The number of rotatable bonds is 8. The van der Waals surface area contributed by atoms with Crippen LogP contribution in [0.4, 0.5) is 19.6 Å². The van der Waals surface area contributed by atoms with Gasteiger partial charge in [-0.05, 0) is 63.4 Å². The predicted octanol–water partition coefficient (Wildman–Crippen LogP) is 5.93. The minimum Gasteiger partial charge on any atom is -0.461 e. The lowest BCUT2D eigenvalue weighted by molar-refractivity contribution is -0.126. The number of benzene rings is 2. The molecule has 1 amide bonds. The first-order chi connectivity index (χ1) is 23.6. The molecule has 0 saturated carbocycles. The Bertz CT molecular complexity index is 2090. The van der Waals surface area contributed by atoms with Gasteiger partial charge in [-0.25, -0.2) is 8.78 Å². The van der Waals surface area contributed by atoms with Crippen LogP contribution in [0.15, 0.2) is 36.9 Å². The molecule has 2 aromatic carbocycles. The summed E-state index contributed by atoms with van der Waals surface area (Å²) in [4.78, 5) is 28.5. The number of hydrogen-bond acceptors (Lipinski definition) is 10. The van der Waals surface area contributed by atoms with Crippen LogP contribution in [0.3, 0.4) is 0 Å². The lowest BCUT2D eigenvalue weighted by Gasteiger charge is -2.34. The fraction of sp³-hybridized carbons (Fsp3) is 0.417. The molecule has 0 bridgehead atoms. The van der Waals surface area contributed by atoms with Crippen molar-refractivity contribution < 1.29 is 18.3 Å². The van der Waals surface area contributed by atoms with Crippen LogP contribution in [0, 0.1) is 28.5 Å². The maximum absolute atomic E-state index is 15.0. The molecule has 252 valence electrons. The van der Waals surface area contributed by atoms with Gasteiger partial charge in [0, 0.05) is 48.4 Å². The van der Waals surface area contributed by atoms with Gasteiger partial charge >= 0.3 is 6.01 Å². The summed E-state index contributed by atoms with van der Waals surface area (Å²) in [6.07, 6.45) is 3.22. The quantitative estimate of drug-likeness (QED) is 0.224. The molecule has 0 spiro atoms. The van der Waals surface area contributed by atoms with Crippen LogP contribution >= 0.6 is 11.3 Å². The molecule has 3 saturated heterocycles. The number of aromatic nitrogens is 2. The smallest absolute Gasteiger partial charge is 0.319 e. The van der Waals surface area contributed by atoms with Crippen LogP contribution in [0.25, 0.3) is 32.1 Å². The first kappa shape index (κ1) is 32.7. The molecule has 0 aliphatic carbocycles. The number of thiophene rings is 1. The average Bonchev–Trinajstić information content (AvgIpc) is 3.84. The lowest BCUT2D eigenvalue weighted by atomic mass is 9.93. The van der Waals surface area contributed by atoms with E-state index < -0.39 is 17.5 Å². The van der Waals surface area contributed by atoms with Crippen LogP contribution < -0.4 is 15.4 Å². The molecule has 2 aromatic heterocycles. The summed E-state index contributed by atoms with van der Waals surface area (Å²) in [5, 5.41) is 21.8. The van der Waals surface area contributed by atoms with Gasteiger partial charge < -0.3 is 20.3 Å². The monoisotopic (exact) mass is 682 g/mol. The van der Waals surface area contributed by atoms with Crippen molar-refractivity contribution in [3.05, 3.63) is 53.9 Å². The Morgan fingerprint density at radius 3 is 2.73 bits per heavy atom. The predicted molar refractivity (Wildman–Crippen MR) is 186 cm³/mol. The largest absolute Gasteiger partial charge is 0.461 e. The standard InChI is InChI=1S/C36H36F2N8O2S/c1-4-29(47)46-14-11-28(20(46)3)45(5-2)34-24-8-7-22(23-9-10-27(38)32-30(23)26(17-40)33(41)49-32)25(16-39)31(24)42-35(43-34)48-19-36-12-6-13-44(36)18-21(37)15-36/h4,7-10,20-21,28H,1,5-6,11-15,18-19,41H2,2-3H3/t20-,21-,28-,36+/m1/s1. The van der Waals surface area contributed by atoms with Gasteiger partial charge in [0.05, 0.1) is 32.9 Å². The summed E-state index contributed by atoms with van der Waals surface area (Å²) in [7, 11) is 0. The second kappa shape index (κ2) is 12.6. The third kappa shape index (κ3) is 5.23. The van der Waals surface area contributed by atoms with Crippen molar-refractivity contribution in [1.29, 1.82) is 10.5 Å². The highest BCUT2D eigenvalue weighted by molar-refractivity contribution is 7.23. The summed E-state index contributed by atoms with van der Waals surface area (Å²) in [5.74, 6) is -0.0984. The van der Waals surface area contributed by atoms with Crippen LogP contribution in [0.2, 0.25) is 0 Å². The molecular weight excluding hydrogens is 647 g/mol. The van der Waals surface area contributed by atoms with E-state index in [0.717, 1.165) is 30.7 Å². The molecule has 3 fully saturated rings. The highest BCUT2D eigenvalue weighted by Crippen LogP contribution is 2.44. The summed E-state index contributed by atoms with van der Waals surface area (Å²) in [6, 6.07) is 10.7. The number of fused-ring (bicyclic) bond motifs is 3. The second-order valence-corrected chi connectivity index (χ2v) is 14.1. The van der Waals surface area contributed by atoms with Crippen molar-refractivity contribution >= 4 is 49.1 Å². The second-order valence-electron chi connectivity index (χ2n) is 13.1. The Balaban J connectivity index is 1.40. The van der Waals surface area contributed by atoms with Crippen molar-refractivity contribution in [2.75, 3.05) is 43.4 Å². The van der Waals surface area contributed by atoms with E-state index in [-0.39, 0.29) is 51.4 Å².